The number of nitrogens with one attached hydrogen (secondary N) is 1. The zero-order valence-electron chi connectivity index (χ0n) is 11.7. The van der Waals surface area contributed by atoms with Gasteiger partial charge in [-0.2, -0.15) is 0 Å². The molecule has 1 aromatic carbocycles. The Balaban J connectivity index is 2.21. The summed E-state index contributed by atoms with van der Waals surface area (Å²) in [4.78, 5) is -0.0504. The molecule has 2 rings (SSSR count). The van der Waals surface area contributed by atoms with E-state index in [4.69, 9.17) is 5.73 Å². The molecule has 0 amide bonds. The van der Waals surface area contributed by atoms with Gasteiger partial charge in [0.25, 0.3) is 0 Å². The van der Waals surface area contributed by atoms with Gasteiger partial charge in [-0.25, -0.2) is 17.5 Å². The summed E-state index contributed by atoms with van der Waals surface area (Å²) in [5.41, 5.74) is 5.57. The molecular formula is C14H21FN2O2S. The fourth-order valence-corrected chi connectivity index (χ4v) is 4.06. The molecule has 6 heteroatoms. The molecule has 1 aromatic rings. The van der Waals surface area contributed by atoms with E-state index in [0.717, 1.165) is 25.7 Å². The average Bonchev–Trinajstić information content (AvgIpc) is 2.37. The molecule has 0 atom stereocenters. The molecule has 0 radical (unpaired) electrons. The first-order valence-corrected chi connectivity index (χ1v) is 8.39. The Morgan fingerprint density at radius 2 is 2.10 bits per heavy atom. The van der Waals surface area contributed by atoms with Gasteiger partial charge in [0.05, 0.1) is 4.90 Å². The highest BCUT2D eigenvalue weighted by atomic mass is 32.2. The first kappa shape index (κ1) is 15.4. The van der Waals surface area contributed by atoms with Crippen molar-refractivity contribution in [1.29, 1.82) is 0 Å². The van der Waals surface area contributed by atoms with Crippen LogP contribution in [0.3, 0.4) is 0 Å². The zero-order valence-corrected chi connectivity index (χ0v) is 12.5. The largest absolute Gasteiger partial charge is 0.326 e. The van der Waals surface area contributed by atoms with Crippen molar-refractivity contribution in [2.75, 3.05) is 6.54 Å². The molecule has 0 unspecified atom stereocenters. The van der Waals surface area contributed by atoms with E-state index in [9.17, 15) is 12.8 Å². The van der Waals surface area contributed by atoms with Crippen LogP contribution in [0.15, 0.2) is 23.1 Å². The van der Waals surface area contributed by atoms with E-state index >= 15 is 0 Å². The number of nitrogens with two attached hydrogens (primary N) is 1. The molecular weight excluding hydrogens is 279 g/mol. The Morgan fingerprint density at radius 3 is 2.60 bits per heavy atom. The van der Waals surface area contributed by atoms with Crippen molar-refractivity contribution in [3.8, 4) is 0 Å². The summed E-state index contributed by atoms with van der Waals surface area (Å²) in [6, 6.07) is 4.01. The Morgan fingerprint density at radius 1 is 1.40 bits per heavy atom. The summed E-state index contributed by atoms with van der Waals surface area (Å²) in [5.74, 6) is -0.579. The van der Waals surface area contributed by atoms with Crippen molar-refractivity contribution < 1.29 is 12.8 Å². The minimum absolute atomic E-state index is 0.0409. The monoisotopic (exact) mass is 300 g/mol. The van der Waals surface area contributed by atoms with Gasteiger partial charge in [-0.05, 0) is 36.8 Å². The summed E-state index contributed by atoms with van der Waals surface area (Å²) >= 11 is 0. The van der Waals surface area contributed by atoms with Crippen LogP contribution in [0.2, 0.25) is 0 Å². The van der Waals surface area contributed by atoms with Crippen LogP contribution >= 0.6 is 0 Å². The number of sulfonamides is 1. The van der Waals surface area contributed by atoms with Gasteiger partial charge in [-0.3, -0.25) is 0 Å². The van der Waals surface area contributed by atoms with Crippen molar-refractivity contribution in [3.63, 3.8) is 0 Å². The van der Waals surface area contributed by atoms with Gasteiger partial charge < -0.3 is 5.73 Å². The lowest BCUT2D eigenvalue weighted by atomic mass is 9.67. The van der Waals surface area contributed by atoms with Crippen LogP contribution in [-0.2, 0) is 16.6 Å². The second-order valence-corrected chi connectivity index (χ2v) is 7.19. The lowest BCUT2D eigenvalue weighted by Gasteiger charge is -2.41. The van der Waals surface area contributed by atoms with Crippen LogP contribution in [0, 0.1) is 11.2 Å². The van der Waals surface area contributed by atoms with E-state index < -0.39 is 15.8 Å². The minimum Gasteiger partial charge on any atom is -0.326 e. The van der Waals surface area contributed by atoms with Gasteiger partial charge in [0.1, 0.15) is 5.82 Å². The van der Waals surface area contributed by atoms with Gasteiger partial charge in [-0.15, -0.1) is 0 Å². The maximum atomic E-state index is 13.6. The van der Waals surface area contributed by atoms with Crippen LogP contribution in [0.4, 0.5) is 4.39 Å². The quantitative estimate of drug-likeness (QED) is 0.845. The van der Waals surface area contributed by atoms with Crippen molar-refractivity contribution in [1.82, 2.24) is 4.72 Å². The second kappa shape index (κ2) is 5.79. The molecule has 1 saturated carbocycles. The van der Waals surface area contributed by atoms with Gasteiger partial charge in [0.2, 0.25) is 10.0 Å². The first-order chi connectivity index (χ1) is 9.44. The predicted octanol–water partition coefficient (Wildman–Crippen LogP) is 2.14. The third kappa shape index (κ3) is 2.87. The van der Waals surface area contributed by atoms with Gasteiger partial charge in [0, 0.05) is 18.7 Å². The van der Waals surface area contributed by atoms with E-state index in [0.29, 0.717) is 6.54 Å². The minimum atomic E-state index is -3.72. The van der Waals surface area contributed by atoms with Crippen LogP contribution in [0.5, 0.6) is 0 Å². The summed E-state index contributed by atoms with van der Waals surface area (Å²) in [5, 5.41) is 0. The maximum absolute atomic E-state index is 13.6. The molecule has 4 nitrogen and oxygen atoms in total. The fraction of sp³-hybridized carbons (Fsp3) is 0.571. The zero-order chi connectivity index (χ0) is 14.8. The average molecular weight is 300 g/mol. The number of halogens is 1. The molecule has 0 bridgehead atoms. The molecule has 1 fully saturated rings. The molecule has 0 aliphatic heterocycles. The Bertz CT molecular complexity index is 577. The lowest BCUT2D eigenvalue weighted by Crippen LogP contribution is -2.41. The number of benzene rings is 1. The lowest BCUT2D eigenvalue weighted by molar-refractivity contribution is 0.133. The van der Waals surface area contributed by atoms with E-state index in [1.165, 1.54) is 18.2 Å². The molecule has 0 saturated heterocycles. The van der Waals surface area contributed by atoms with Crippen molar-refractivity contribution >= 4 is 10.0 Å². The third-order valence-electron chi connectivity index (χ3n) is 4.37. The third-order valence-corrected chi connectivity index (χ3v) is 5.86. The molecule has 1 aliphatic carbocycles. The first-order valence-electron chi connectivity index (χ1n) is 6.91. The number of hydrogen-bond acceptors (Lipinski definition) is 3. The standard InChI is InChI=1S/C14H21FN2O2S/c1-2-14(7-4-8-14)10-17-20(18,19)13-6-3-5-12(15)11(13)9-16/h3,5-6,17H,2,4,7-10,16H2,1H3. The smallest absolute Gasteiger partial charge is 0.241 e. The molecule has 3 N–H and O–H groups in total. The van der Waals surface area contributed by atoms with Crippen LogP contribution in [0.25, 0.3) is 0 Å². The molecule has 20 heavy (non-hydrogen) atoms. The summed E-state index contributed by atoms with van der Waals surface area (Å²) in [6.45, 7) is 2.34. The van der Waals surface area contributed by atoms with Gasteiger partial charge in [-0.1, -0.05) is 19.4 Å². The summed E-state index contributed by atoms with van der Waals surface area (Å²) < 4.78 is 40.9. The molecule has 0 spiro atoms. The number of rotatable bonds is 6. The highest BCUT2D eigenvalue weighted by molar-refractivity contribution is 7.89. The topological polar surface area (TPSA) is 72.2 Å². The normalized spacial score (nSPS) is 17.8. The Hall–Kier alpha value is -0.980. The van der Waals surface area contributed by atoms with Crippen LogP contribution in [0.1, 0.15) is 38.2 Å². The fourth-order valence-electron chi connectivity index (χ4n) is 2.65. The van der Waals surface area contributed by atoms with Crippen LogP contribution < -0.4 is 10.5 Å². The van der Waals surface area contributed by atoms with Crippen molar-refractivity contribution in [3.05, 3.63) is 29.6 Å². The molecule has 0 aromatic heterocycles. The second-order valence-electron chi connectivity index (χ2n) is 5.45. The van der Waals surface area contributed by atoms with Gasteiger partial charge >= 0.3 is 0 Å². The van der Waals surface area contributed by atoms with E-state index in [2.05, 4.69) is 11.6 Å². The highest BCUT2D eigenvalue weighted by Crippen LogP contribution is 2.43. The number of hydrogen-bond donors (Lipinski definition) is 2. The van der Waals surface area contributed by atoms with E-state index in [-0.39, 0.29) is 22.4 Å². The molecule has 112 valence electrons. The van der Waals surface area contributed by atoms with E-state index in [1.54, 1.807) is 0 Å². The highest BCUT2D eigenvalue weighted by Gasteiger charge is 2.36. The summed E-state index contributed by atoms with van der Waals surface area (Å²) in [6.07, 6.45) is 4.17. The Labute approximate surface area is 119 Å². The predicted molar refractivity (Wildman–Crippen MR) is 76.1 cm³/mol. The SMILES string of the molecule is CCC1(CNS(=O)(=O)c2cccc(F)c2CN)CCC1. The maximum Gasteiger partial charge on any atom is 0.241 e. The Kier molecular flexibility index (Phi) is 4.46. The van der Waals surface area contributed by atoms with Crippen molar-refractivity contribution in [2.45, 2.75) is 44.0 Å². The van der Waals surface area contributed by atoms with Crippen LogP contribution in [-0.4, -0.2) is 15.0 Å². The van der Waals surface area contributed by atoms with Crippen molar-refractivity contribution in [2.24, 2.45) is 11.1 Å². The molecule has 0 heterocycles. The summed E-state index contributed by atoms with van der Waals surface area (Å²) in [7, 11) is -3.72. The molecule has 1 aliphatic rings. The van der Waals surface area contributed by atoms with E-state index in [1.807, 2.05) is 0 Å². The van der Waals surface area contributed by atoms with Gasteiger partial charge in [0.15, 0.2) is 0 Å².